The van der Waals surface area contributed by atoms with Crippen LogP contribution in [-0.2, 0) is 10.8 Å². The van der Waals surface area contributed by atoms with Crippen LogP contribution in [0.15, 0.2) is 33.6 Å². The SMILES string of the molecule is NCC(CS(=O)c1cccc(Br)c1)C(F)(F)F. The van der Waals surface area contributed by atoms with Crippen molar-refractivity contribution in [3.63, 3.8) is 0 Å². The first-order chi connectivity index (χ1) is 7.84. The molecule has 1 aromatic rings. The zero-order valence-corrected chi connectivity index (χ0v) is 11.1. The Morgan fingerprint density at radius 3 is 2.53 bits per heavy atom. The Balaban J connectivity index is 2.78. The summed E-state index contributed by atoms with van der Waals surface area (Å²) in [7, 11) is -1.70. The molecule has 0 spiro atoms. The van der Waals surface area contributed by atoms with E-state index in [1.807, 2.05) is 0 Å². The van der Waals surface area contributed by atoms with Gasteiger partial charge < -0.3 is 5.73 Å². The molecule has 0 saturated carbocycles. The van der Waals surface area contributed by atoms with E-state index in [2.05, 4.69) is 15.9 Å². The van der Waals surface area contributed by atoms with Crippen LogP contribution in [0.1, 0.15) is 0 Å². The molecule has 0 aliphatic rings. The predicted molar refractivity (Wildman–Crippen MR) is 64.0 cm³/mol. The van der Waals surface area contributed by atoms with Crippen molar-refractivity contribution in [3.05, 3.63) is 28.7 Å². The summed E-state index contributed by atoms with van der Waals surface area (Å²) in [6, 6.07) is 6.41. The monoisotopic (exact) mass is 329 g/mol. The summed E-state index contributed by atoms with van der Waals surface area (Å²) in [4.78, 5) is 0.363. The Bertz CT molecular complexity index is 411. The fraction of sp³-hybridized carbons (Fsp3) is 0.400. The summed E-state index contributed by atoms with van der Waals surface area (Å²) in [5, 5.41) is 0. The molecule has 2 nitrogen and oxygen atoms in total. The minimum atomic E-state index is -4.41. The smallest absolute Gasteiger partial charge is 0.330 e. The van der Waals surface area contributed by atoms with E-state index in [0.29, 0.717) is 9.37 Å². The molecule has 0 fully saturated rings. The van der Waals surface area contributed by atoms with Crippen molar-refractivity contribution in [2.75, 3.05) is 12.3 Å². The van der Waals surface area contributed by atoms with Crippen molar-refractivity contribution in [2.45, 2.75) is 11.1 Å². The maximum atomic E-state index is 12.5. The first-order valence-electron chi connectivity index (χ1n) is 4.75. The molecule has 0 aliphatic heterocycles. The summed E-state index contributed by atoms with van der Waals surface area (Å²) < 4.78 is 49.8. The molecule has 17 heavy (non-hydrogen) atoms. The maximum absolute atomic E-state index is 12.5. The Morgan fingerprint density at radius 2 is 2.06 bits per heavy atom. The van der Waals surface area contributed by atoms with Gasteiger partial charge in [0.25, 0.3) is 0 Å². The standard InChI is InChI=1S/C10H11BrF3NOS/c11-8-2-1-3-9(4-8)17(16)6-7(5-15)10(12,13)14/h1-4,7H,5-6,15H2. The summed E-state index contributed by atoms with van der Waals surface area (Å²) in [5.74, 6) is -2.24. The molecule has 0 radical (unpaired) electrons. The van der Waals surface area contributed by atoms with Crippen molar-refractivity contribution in [1.82, 2.24) is 0 Å². The minimum Gasteiger partial charge on any atom is -0.330 e. The van der Waals surface area contributed by atoms with Gasteiger partial charge in [0.1, 0.15) is 0 Å². The van der Waals surface area contributed by atoms with Gasteiger partial charge in [-0.25, -0.2) is 0 Å². The molecule has 1 aromatic carbocycles. The Hall–Kier alpha value is -0.400. The van der Waals surface area contributed by atoms with Crippen LogP contribution in [0.25, 0.3) is 0 Å². The van der Waals surface area contributed by atoms with Gasteiger partial charge in [-0.3, -0.25) is 4.21 Å². The molecule has 1 rings (SSSR count). The van der Waals surface area contributed by atoms with Crippen LogP contribution in [0.5, 0.6) is 0 Å². The predicted octanol–water partition coefficient (Wildman–Crippen LogP) is 2.69. The number of rotatable bonds is 4. The normalized spacial score (nSPS) is 15.6. The lowest BCUT2D eigenvalue weighted by atomic mass is 10.2. The molecule has 0 amide bonds. The molecule has 2 atom stereocenters. The fourth-order valence-corrected chi connectivity index (χ4v) is 3.11. The van der Waals surface area contributed by atoms with Gasteiger partial charge in [-0.1, -0.05) is 22.0 Å². The lowest BCUT2D eigenvalue weighted by Gasteiger charge is -2.17. The second kappa shape index (κ2) is 5.97. The van der Waals surface area contributed by atoms with E-state index in [-0.39, 0.29) is 0 Å². The van der Waals surface area contributed by atoms with Gasteiger partial charge in [-0.2, -0.15) is 13.2 Å². The molecule has 2 unspecified atom stereocenters. The highest BCUT2D eigenvalue weighted by molar-refractivity contribution is 9.10. The minimum absolute atomic E-state index is 0.363. The molecule has 0 bridgehead atoms. The highest BCUT2D eigenvalue weighted by Gasteiger charge is 2.39. The molecule has 2 N–H and O–H groups in total. The topological polar surface area (TPSA) is 43.1 Å². The molecule has 96 valence electrons. The Labute approximate surface area is 108 Å². The van der Waals surface area contributed by atoms with Gasteiger partial charge in [0, 0.05) is 21.7 Å². The molecule has 0 aliphatic carbocycles. The van der Waals surface area contributed by atoms with Gasteiger partial charge in [-0.15, -0.1) is 0 Å². The number of alkyl halides is 3. The van der Waals surface area contributed by atoms with Crippen molar-refractivity contribution >= 4 is 26.7 Å². The van der Waals surface area contributed by atoms with Gasteiger partial charge >= 0.3 is 6.18 Å². The van der Waals surface area contributed by atoms with Crippen LogP contribution in [0.3, 0.4) is 0 Å². The summed E-state index contributed by atoms with van der Waals surface area (Å²) >= 11 is 3.17. The summed E-state index contributed by atoms with van der Waals surface area (Å²) in [6.07, 6.45) is -4.41. The van der Waals surface area contributed by atoms with E-state index in [1.165, 1.54) is 6.07 Å². The second-order valence-electron chi connectivity index (χ2n) is 3.44. The first-order valence-corrected chi connectivity index (χ1v) is 6.86. The highest BCUT2D eigenvalue weighted by Crippen LogP contribution is 2.27. The van der Waals surface area contributed by atoms with Gasteiger partial charge in [0.05, 0.1) is 16.7 Å². The van der Waals surface area contributed by atoms with Crippen LogP contribution >= 0.6 is 15.9 Å². The quantitative estimate of drug-likeness (QED) is 0.922. The molecule has 0 saturated heterocycles. The third-order valence-electron chi connectivity index (χ3n) is 2.16. The molecule has 0 aromatic heterocycles. The number of halogens is 4. The largest absolute Gasteiger partial charge is 0.393 e. The fourth-order valence-electron chi connectivity index (χ4n) is 1.18. The third kappa shape index (κ3) is 4.40. The Kier molecular flexibility index (Phi) is 5.15. The summed E-state index contributed by atoms with van der Waals surface area (Å²) in [5.41, 5.74) is 5.05. The number of hydrogen-bond acceptors (Lipinski definition) is 2. The van der Waals surface area contributed by atoms with Crippen LogP contribution in [-0.4, -0.2) is 22.7 Å². The molecular formula is C10H11BrF3NOS. The van der Waals surface area contributed by atoms with E-state index >= 15 is 0 Å². The van der Waals surface area contributed by atoms with Crippen LogP contribution in [0, 0.1) is 5.92 Å². The third-order valence-corrected chi connectivity index (χ3v) is 4.14. The number of nitrogens with two attached hydrogens (primary N) is 1. The van der Waals surface area contributed by atoms with Crippen molar-refractivity contribution < 1.29 is 17.4 Å². The zero-order valence-electron chi connectivity index (χ0n) is 8.71. The number of hydrogen-bond donors (Lipinski definition) is 1. The lowest BCUT2D eigenvalue weighted by molar-refractivity contribution is -0.165. The lowest BCUT2D eigenvalue weighted by Crippen LogP contribution is -2.34. The van der Waals surface area contributed by atoms with Crippen molar-refractivity contribution in [3.8, 4) is 0 Å². The van der Waals surface area contributed by atoms with Crippen molar-refractivity contribution in [2.24, 2.45) is 11.7 Å². The van der Waals surface area contributed by atoms with Gasteiger partial charge in [0.2, 0.25) is 0 Å². The van der Waals surface area contributed by atoms with Gasteiger partial charge in [-0.05, 0) is 18.2 Å². The summed E-state index contributed by atoms with van der Waals surface area (Å²) in [6.45, 7) is -0.552. The highest BCUT2D eigenvalue weighted by atomic mass is 79.9. The van der Waals surface area contributed by atoms with Crippen LogP contribution < -0.4 is 5.73 Å². The van der Waals surface area contributed by atoms with E-state index < -0.39 is 35.2 Å². The maximum Gasteiger partial charge on any atom is 0.393 e. The van der Waals surface area contributed by atoms with Crippen LogP contribution in [0.2, 0.25) is 0 Å². The van der Waals surface area contributed by atoms with E-state index in [0.717, 1.165) is 0 Å². The average Bonchev–Trinajstić information content (AvgIpc) is 2.23. The number of benzene rings is 1. The zero-order chi connectivity index (χ0) is 13.1. The van der Waals surface area contributed by atoms with Gasteiger partial charge in [0.15, 0.2) is 0 Å². The Morgan fingerprint density at radius 1 is 1.41 bits per heavy atom. The van der Waals surface area contributed by atoms with E-state index in [1.54, 1.807) is 18.2 Å². The molecular weight excluding hydrogens is 319 g/mol. The van der Waals surface area contributed by atoms with Crippen molar-refractivity contribution in [1.29, 1.82) is 0 Å². The molecule has 0 heterocycles. The average molecular weight is 330 g/mol. The van der Waals surface area contributed by atoms with E-state index in [4.69, 9.17) is 5.73 Å². The van der Waals surface area contributed by atoms with Crippen LogP contribution in [0.4, 0.5) is 13.2 Å². The molecule has 7 heteroatoms. The first kappa shape index (κ1) is 14.7. The second-order valence-corrected chi connectivity index (χ2v) is 5.86. The van der Waals surface area contributed by atoms with E-state index in [9.17, 15) is 17.4 Å².